The van der Waals surface area contributed by atoms with Crippen LogP contribution in [0.1, 0.15) is 63.6 Å². The van der Waals surface area contributed by atoms with Crippen molar-refractivity contribution in [2.24, 2.45) is 4.99 Å². The van der Waals surface area contributed by atoms with E-state index in [2.05, 4.69) is 39.8 Å². The summed E-state index contributed by atoms with van der Waals surface area (Å²) in [5.74, 6) is 1.24. The van der Waals surface area contributed by atoms with Crippen molar-refractivity contribution in [2.45, 2.75) is 58.9 Å². The van der Waals surface area contributed by atoms with E-state index in [1.165, 1.54) is 11.1 Å². The van der Waals surface area contributed by atoms with E-state index >= 15 is 0 Å². The Labute approximate surface area is 167 Å². The molecule has 2 aromatic rings. The third-order valence-corrected chi connectivity index (χ3v) is 5.82. The summed E-state index contributed by atoms with van der Waals surface area (Å²) >= 11 is 0. The van der Waals surface area contributed by atoms with Crippen molar-refractivity contribution in [3.8, 4) is 5.75 Å². The zero-order valence-electron chi connectivity index (χ0n) is 17.4. The summed E-state index contributed by atoms with van der Waals surface area (Å²) in [5.41, 5.74) is 5.69. The summed E-state index contributed by atoms with van der Waals surface area (Å²) in [5, 5.41) is 0. The lowest BCUT2D eigenvalue weighted by atomic mass is 9.79. The molecule has 0 aromatic heterocycles. The number of aliphatic imine (C=N–C) groups is 1. The summed E-state index contributed by atoms with van der Waals surface area (Å²) in [6.45, 7) is 11.3. The van der Waals surface area contributed by atoms with Crippen LogP contribution in [0.25, 0.3) is 0 Å². The summed E-state index contributed by atoms with van der Waals surface area (Å²) in [7, 11) is 0. The number of aryl methyl sites for hydroxylation is 1. The van der Waals surface area contributed by atoms with Gasteiger partial charge in [0.1, 0.15) is 11.5 Å². The molecule has 2 aromatic carbocycles. The molecule has 0 bridgehead atoms. The molecule has 1 amide bonds. The smallest absolute Gasteiger partial charge is 0.278 e. The Balaban J connectivity index is 1.86. The second-order valence-electron chi connectivity index (χ2n) is 8.38. The molecule has 2 heterocycles. The molecule has 2 aliphatic heterocycles. The molecule has 0 saturated carbocycles. The van der Waals surface area contributed by atoms with Crippen LogP contribution in [0.15, 0.2) is 41.4 Å². The monoisotopic (exact) mass is 376 g/mol. The van der Waals surface area contributed by atoms with Crippen LogP contribution in [0.3, 0.4) is 0 Å². The van der Waals surface area contributed by atoms with Crippen molar-refractivity contribution in [2.75, 3.05) is 11.5 Å². The molecular weight excluding hydrogens is 348 g/mol. The SMILES string of the molecule is CCOc1ccc(N=C2C(=O)N3c4c2cc(CC)cc4C(C)CC3(C)C)cc1. The van der Waals surface area contributed by atoms with Crippen LogP contribution in [0.5, 0.6) is 5.75 Å². The maximum absolute atomic E-state index is 13.4. The Morgan fingerprint density at radius 2 is 1.89 bits per heavy atom. The fraction of sp³-hybridized carbons (Fsp3) is 0.417. The van der Waals surface area contributed by atoms with E-state index in [0.717, 1.165) is 35.5 Å². The van der Waals surface area contributed by atoms with Crippen molar-refractivity contribution in [1.29, 1.82) is 0 Å². The van der Waals surface area contributed by atoms with E-state index in [-0.39, 0.29) is 11.4 Å². The van der Waals surface area contributed by atoms with Crippen molar-refractivity contribution in [1.82, 2.24) is 0 Å². The third kappa shape index (κ3) is 2.92. The highest BCUT2D eigenvalue weighted by atomic mass is 16.5. The van der Waals surface area contributed by atoms with Crippen molar-refractivity contribution >= 4 is 23.0 Å². The van der Waals surface area contributed by atoms with Crippen LogP contribution in [0.2, 0.25) is 0 Å². The molecule has 0 N–H and O–H groups in total. The first-order chi connectivity index (χ1) is 13.4. The number of rotatable bonds is 4. The van der Waals surface area contributed by atoms with Crippen molar-refractivity contribution < 1.29 is 9.53 Å². The fourth-order valence-electron chi connectivity index (χ4n) is 4.60. The average molecular weight is 377 g/mol. The third-order valence-electron chi connectivity index (χ3n) is 5.82. The minimum atomic E-state index is -0.220. The average Bonchev–Trinajstić information content (AvgIpc) is 2.94. The van der Waals surface area contributed by atoms with E-state index in [0.29, 0.717) is 18.2 Å². The lowest BCUT2D eigenvalue weighted by Crippen LogP contribution is -2.50. The number of ether oxygens (including phenoxy) is 1. The standard InChI is InChI=1S/C24H28N2O2/c1-6-16-12-19-15(3)14-24(4,5)26-22(19)20(13-16)21(23(26)27)25-17-8-10-18(11-9-17)28-7-2/h8-13,15H,6-7,14H2,1-5H3. The van der Waals surface area contributed by atoms with Gasteiger partial charge in [0.05, 0.1) is 18.0 Å². The highest BCUT2D eigenvalue weighted by molar-refractivity contribution is 6.55. The number of benzene rings is 2. The summed E-state index contributed by atoms with van der Waals surface area (Å²) in [4.78, 5) is 20.2. The molecule has 4 heteroatoms. The number of hydrogen-bond donors (Lipinski definition) is 0. The van der Waals surface area contributed by atoms with Gasteiger partial charge >= 0.3 is 0 Å². The Morgan fingerprint density at radius 3 is 2.54 bits per heavy atom. The van der Waals surface area contributed by atoms with Gasteiger partial charge in [-0.3, -0.25) is 4.79 Å². The van der Waals surface area contributed by atoms with Crippen molar-refractivity contribution in [3.05, 3.63) is 53.1 Å². The van der Waals surface area contributed by atoms with Gasteiger partial charge in [-0.1, -0.05) is 19.9 Å². The highest BCUT2D eigenvalue weighted by Crippen LogP contribution is 2.49. The molecule has 4 nitrogen and oxygen atoms in total. The van der Waals surface area contributed by atoms with Crippen LogP contribution in [0.4, 0.5) is 11.4 Å². The first kappa shape index (κ1) is 18.7. The van der Waals surface area contributed by atoms with Gasteiger partial charge in [0, 0.05) is 11.1 Å². The molecule has 0 spiro atoms. The number of hydrogen-bond acceptors (Lipinski definition) is 3. The summed E-state index contributed by atoms with van der Waals surface area (Å²) in [6.07, 6.45) is 1.90. The second-order valence-corrected chi connectivity index (χ2v) is 8.38. The molecule has 146 valence electrons. The first-order valence-corrected chi connectivity index (χ1v) is 10.2. The second kappa shape index (κ2) is 6.77. The largest absolute Gasteiger partial charge is 0.494 e. The zero-order valence-corrected chi connectivity index (χ0v) is 17.4. The number of carbonyl (C=O) groups is 1. The van der Waals surface area contributed by atoms with E-state index < -0.39 is 0 Å². The van der Waals surface area contributed by atoms with Gasteiger partial charge < -0.3 is 9.64 Å². The van der Waals surface area contributed by atoms with Crippen molar-refractivity contribution in [3.63, 3.8) is 0 Å². The Bertz CT molecular complexity index is 957. The molecule has 28 heavy (non-hydrogen) atoms. The molecule has 4 rings (SSSR count). The van der Waals surface area contributed by atoms with Gasteiger partial charge in [-0.25, -0.2) is 4.99 Å². The van der Waals surface area contributed by atoms with Gasteiger partial charge in [0.25, 0.3) is 5.91 Å². The zero-order chi connectivity index (χ0) is 20.1. The van der Waals surface area contributed by atoms with E-state index in [9.17, 15) is 4.79 Å². The van der Waals surface area contributed by atoms with Crippen LogP contribution in [-0.2, 0) is 11.2 Å². The van der Waals surface area contributed by atoms with Crippen LogP contribution in [0, 0.1) is 0 Å². The molecule has 0 radical (unpaired) electrons. The predicted octanol–water partition coefficient (Wildman–Crippen LogP) is 5.40. The lowest BCUT2D eigenvalue weighted by molar-refractivity contribution is -0.113. The minimum absolute atomic E-state index is 0.00953. The normalized spacial score (nSPS) is 21.2. The quantitative estimate of drug-likeness (QED) is 0.717. The van der Waals surface area contributed by atoms with E-state index in [4.69, 9.17) is 9.73 Å². The molecule has 0 fully saturated rings. The van der Waals surface area contributed by atoms with Gasteiger partial charge in [-0.2, -0.15) is 0 Å². The van der Waals surface area contributed by atoms with E-state index in [1.807, 2.05) is 36.1 Å². The number of nitrogens with zero attached hydrogens (tertiary/aromatic N) is 2. The Hall–Kier alpha value is -2.62. The number of anilines is 1. The van der Waals surface area contributed by atoms with E-state index in [1.54, 1.807) is 0 Å². The Kier molecular flexibility index (Phi) is 4.53. The maximum atomic E-state index is 13.4. The topological polar surface area (TPSA) is 41.9 Å². The Morgan fingerprint density at radius 1 is 1.18 bits per heavy atom. The molecular formula is C24H28N2O2. The van der Waals surface area contributed by atoms with Gasteiger partial charge in [0.15, 0.2) is 0 Å². The lowest BCUT2D eigenvalue weighted by Gasteiger charge is -2.43. The van der Waals surface area contributed by atoms with Gasteiger partial charge in [0.2, 0.25) is 0 Å². The van der Waals surface area contributed by atoms with Gasteiger partial charge in [-0.15, -0.1) is 0 Å². The molecule has 0 saturated heterocycles. The maximum Gasteiger partial charge on any atom is 0.278 e. The molecule has 0 aliphatic carbocycles. The van der Waals surface area contributed by atoms with Crippen LogP contribution in [-0.4, -0.2) is 23.8 Å². The number of carbonyl (C=O) groups excluding carboxylic acids is 1. The molecule has 1 atom stereocenters. The first-order valence-electron chi connectivity index (χ1n) is 10.2. The summed E-state index contributed by atoms with van der Waals surface area (Å²) < 4.78 is 5.51. The molecule has 2 aliphatic rings. The van der Waals surface area contributed by atoms with Gasteiger partial charge in [-0.05, 0) is 81.0 Å². The summed E-state index contributed by atoms with van der Waals surface area (Å²) in [6, 6.07) is 12.0. The highest BCUT2D eigenvalue weighted by Gasteiger charge is 2.48. The predicted molar refractivity (Wildman–Crippen MR) is 114 cm³/mol. The van der Waals surface area contributed by atoms with Crippen LogP contribution < -0.4 is 9.64 Å². The van der Waals surface area contributed by atoms with Crippen LogP contribution >= 0.6 is 0 Å². The minimum Gasteiger partial charge on any atom is -0.494 e. The number of amides is 1. The molecule has 1 unspecified atom stereocenters. The fourth-order valence-corrected chi connectivity index (χ4v) is 4.60.